The summed E-state index contributed by atoms with van der Waals surface area (Å²) in [4.78, 5) is 11.6. The standard InChI is InChI=1S/C16H23NO3/c1-11(2)16(8-7-15(18)17-16)10-12-5-6-13(19-3)9-14(12)20-4/h5-6,9,11H,7-8,10H2,1-4H3,(H,17,18). The van der Waals surface area contributed by atoms with Crippen LogP contribution in [0.1, 0.15) is 32.3 Å². The molecule has 4 heteroatoms. The van der Waals surface area contributed by atoms with Crippen LogP contribution in [0.25, 0.3) is 0 Å². The third kappa shape index (κ3) is 2.74. The van der Waals surface area contributed by atoms with Crippen LogP contribution in [0.2, 0.25) is 0 Å². The summed E-state index contributed by atoms with van der Waals surface area (Å²) in [5.41, 5.74) is 0.933. The van der Waals surface area contributed by atoms with Crippen LogP contribution in [0.5, 0.6) is 11.5 Å². The maximum atomic E-state index is 11.6. The summed E-state index contributed by atoms with van der Waals surface area (Å²) in [5.74, 6) is 2.11. The number of methoxy groups -OCH3 is 2. The van der Waals surface area contributed by atoms with Crippen molar-refractivity contribution in [3.63, 3.8) is 0 Å². The van der Waals surface area contributed by atoms with Crippen molar-refractivity contribution in [2.24, 2.45) is 5.92 Å². The molecule has 1 heterocycles. The number of carbonyl (C=O) groups is 1. The number of rotatable bonds is 5. The predicted molar refractivity (Wildman–Crippen MR) is 78.2 cm³/mol. The Morgan fingerprint density at radius 3 is 2.55 bits per heavy atom. The van der Waals surface area contributed by atoms with Crippen molar-refractivity contribution < 1.29 is 14.3 Å². The zero-order chi connectivity index (χ0) is 14.8. The predicted octanol–water partition coefficient (Wildman–Crippen LogP) is 2.55. The molecule has 1 aromatic rings. The number of benzene rings is 1. The van der Waals surface area contributed by atoms with Crippen molar-refractivity contribution in [1.29, 1.82) is 0 Å². The molecule has 2 rings (SSSR count). The van der Waals surface area contributed by atoms with Crippen LogP contribution in [0.3, 0.4) is 0 Å². The molecule has 0 spiro atoms. The SMILES string of the molecule is COc1ccc(CC2(C(C)C)CCC(=O)N2)c(OC)c1. The summed E-state index contributed by atoms with van der Waals surface area (Å²) >= 11 is 0. The molecule has 1 fully saturated rings. The number of hydrogen-bond donors (Lipinski definition) is 1. The smallest absolute Gasteiger partial charge is 0.220 e. The van der Waals surface area contributed by atoms with E-state index in [-0.39, 0.29) is 11.4 Å². The lowest BCUT2D eigenvalue weighted by Crippen LogP contribution is -2.48. The van der Waals surface area contributed by atoms with Crippen molar-refractivity contribution in [3.8, 4) is 11.5 Å². The van der Waals surface area contributed by atoms with Crippen molar-refractivity contribution in [1.82, 2.24) is 5.32 Å². The highest BCUT2D eigenvalue weighted by molar-refractivity contribution is 5.79. The van der Waals surface area contributed by atoms with Gasteiger partial charge in [0.05, 0.1) is 14.2 Å². The third-order valence-electron chi connectivity index (χ3n) is 4.29. The molecule has 1 saturated heterocycles. The number of ether oxygens (including phenoxy) is 2. The number of amides is 1. The molecule has 20 heavy (non-hydrogen) atoms. The zero-order valence-electron chi connectivity index (χ0n) is 12.7. The molecule has 0 saturated carbocycles. The van der Waals surface area contributed by atoms with Gasteiger partial charge in [-0.05, 0) is 30.4 Å². The lowest BCUT2D eigenvalue weighted by molar-refractivity contribution is -0.120. The average molecular weight is 277 g/mol. The Labute approximate surface area is 120 Å². The third-order valence-corrected chi connectivity index (χ3v) is 4.29. The molecule has 1 amide bonds. The summed E-state index contributed by atoms with van der Waals surface area (Å²) in [6.07, 6.45) is 2.26. The van der Waals surface area contributed by atoms with E-state index in [1.807, 2.05) is 18.2 Å². The molecule has 1 aromatic carbocycles. The van der Waals surface area contributed by atoms with E-state index < -0.39 is 0 Å². The first-order chi connectivity index (χ1) is 9.50. The van der Waals surface area contributed by atoms with Gasteiger partial charge in [-0.1, -0.05) is 19.9 Å². The van der Waals surface area contributed by atoms with Crippen LogP contribution in [0.4, 0.5) is 0 Å². The Bertz CT molecular complexity index is 498. The molecule has 1 aliphatic rings. The topological polar surface area (TPSA) is 47.6 Å². The summed E-state index contributed by atoms with van der Waals surface area (Å²) in [6.45, 7) is 4.31. The maximum absolute atomic E-state index is 11.6. The van der Waals surface area contributed by atoms with E-state index in [0.29, 0.717) is 12.3 Å². The van der Waals surface area contributed by atoms with Gasteiger partial charge in [0.15, 0.2) is 0 Å². The van der Waals surface area contributed by atoms with E-state index in [1.54, 1.807) is 14.2 Å². The molecule has 1 atom stereocenters. The molecular weight excluding hydrogens is 254 g/mol. The molecular formula is C16H23NO3. The summed E-state index contributed by atoms with van der Waals surface area (Å²) in [7, 11) is 3.30. The second-order valence-corrected chi connectivity index (χ2v) is 5.71. The zero-order valence-corrected chi connectivity index (χ0v) is 12.7. The van der Waals surface area contributed by atoms with Gasteiger partial charge in [-0.3, -0.25) is 4.79 Å². The van der Waals surface area contributed by atoms with E-state index in [9.17, 15) is 4.79 Å². The van der Waals surface area contributed by atoms with Crippen LogP contribution in [0, 0.1) is 5.92 Å². The minimum Gasteiger partial charge on any atom is -0.497 e. The van der Waals surface area contributed by atoms with E-state index >= 15 is 0 Å². The van der Waals surface area contributed by atoms with E-state index in [2.05, 4.69) is 19.2 Å². The van der Waals surface area contributed by atoms with E-state index in [0.717, 1.165) is 29.9 Å². The van der Waals surface area contributed by atoms with Crippen LogP contribution in [-0.2, 0) is 11.2 Å². The van der Waals surface area contributed by atoms with Gasteiger partial charge in [-0.15, -0.1) is 0 Å². The molecule has 0 aliphatic carbocycles. The largest absolute Gasteiger partial charge is 0.497 e. The molecule has 1 aliphatic heterocycles. The first-order valence-corrected chi connectivity index (χ1v) is 7.02. The molecule has 0 bridgehead atoms. The van der Waals surface area contributed by atoms with Crippen LogP contribution in [0.15, 0.2) is 18.2 Å². The highest BCUT2D eigenvalue weighted by Crippen LogP contribution is 2.35. The normalized spacial score (nSPS) is 21.9. The van der Waals surface area contributed by atoms with Crippen molar-refractivity contribution in [2.45, 2.75) is 38.6 Å². The molecule has 4 nitrogen and oxygen atoms in total. The fourth-order valence-electron chi connectivity index (χ4n) is 2.85. The Morgan fingerprint density at radius 2 is 2.05 bits per heavy atom. The lowest BCUT2D eigenvalue weighted by atomic mass is 9.79. The van der Waals surface area contributed by atoms with Gasteiger partial charge < -0.3 is 14.8 Å². The Morgan fingerprint density at radius 1 is 1.30 bits per heavy atom. The van der Waals surface area contributed by atoms with Gasteiger partial charge in [-0.25, -0.2) is 0 Å². The summed E-state index contributed by atoms with van der Waals surface area (Å²) in [5, 5.41) is 3.17. The highest BCUT2D eigenvalue weighted by Gasteiger charge is 2.40. The molecule has 1 unspecified atom stereocenters. The molecule has 0 aromatic heterocycles. The summed E-state index contributed by atoms with van der Waals surface area (Å²) in [6, 6.07) is 5.84. The van der Waals surface area contributed by atoms with Gasteiger partial charge in [0.2, 0.25) is 5.91 Å². The molecule has 110 valence electrons. The van der Waals surface area contributed by atoms with Crippen molar-refractivity contribution in [2.75, 3.05) is 14.2 Å². The maximum Gasteiger partial charge on any atom is 0.220 e. The van der Waals surface area contributed by atoms with E-state index in [4.69, 9.17) is 9.47 Å². The van der Waals surface area contributed by atoms with Crippen LogP contribution in [-0.4, -0.2) is 25.7 Å². The average Bonchev–Trinajstić information content (AvgIpc) is 2.82. The van der Waals surface area contributed by atoms with Crippen molar-refractivity contribution >= 4 is 5.91 Å². The van der Waals surface area contributed by atoms with Gasteiger partial charge in [0.1, 0.15) is 11.5 Å². The first-order valence-electron chi connectivity index (χ1n) is 7.02. The fourth-order valence-corrected chi connectivity index (χ4v) is 2.85. The molecule has 1 N–H and O–H groups in total. The number of carbonyl (C=O) groups excluding carboxylic acids is 1. The van der Waals surface area contributed by atoms with Gasteiger partial charge in [-0.2, -0.15) is 0 Å². The second kappa shape index (κ2) is 5.73. The Kier molecular flexibility index (Phi) is 4.21. The van der Waals surface area contributed by atoms with Gasteiger partial charge in [0.25, 0.3) is 0 Å². The minimum absolute atomic E-state index is 0.145. The first kappa shape index (κ1) is 14.7. The monoisotopic (exact) mass is 277 g/mol. The lowest BCUT2D eigenvalue weighted by Gasteiger charge is -2.34. The number of nitrogens with one attached hydrogen (secondary N) is 1. The Balaban J connectivity index is 2.29. The quantitative estimate of drug-likeness (QED) is 0.899. The van der Waals surface area contributed by atoms with E-state index in [1.165, 1.54) is 0 Å². The van der Waals surface area contributed by atoms with Crippen molar-refractivity contribution in [3.05, 3.63) is 23.8 Å². The van der Waals surface area contributed by atoms with Crippen LogP contribution < -0.4 is 14.8 Å². The summed E-state index contributed by atoms with van der Waals surface area (Å²) < 4.78 is 10.7. The fraction of sp³-hybridized carbons (Fsp3) is 0.562. The van der Waals surface area contributed by atoms with Gasteiger partial charge >= 0.3 is 0 Å². The molecule has 0 radical (unpaired) electrons. The Hall–Kier alpha value is -1.71. The number of hydrogen-bond acceptors (Lipinski definition) is 3. The second-order valence-electron chi connectivity index (χ2n) is 5.71. The van der Waals surface area contributed by atoms with Crippen LogP contribution >= 0.6 is 0 Å². The highest BCUT2D eigenvalue weighted by atomic mass is 16.5. The van der Waals surface area contributed by atoms with Gasteiger partial charge in [0, 0.05) is 18.0 Å². The minimum atomic E-state index is -0.168.